The molecule has 0 radical (unpaired) electrons. The summed E-state index contributed by atoms with van der Waals surface area (Å²) in [7, 11) is 1.98. The zero-order valence-corrected chi connectivity index (χ0v) is 23.2. The van der Waals surface area contributed by atoms with Crippen LogP contribution in [0.5, 0.6) is 0 Å². The van der Waals surface area contributed by atoms with Crippen LogP contribution in [0.4, 0.5) is 21.2 Å². The minimum Gasteiger partial charge on any atom is -0.379 e. The lowest BCUT2D eigenvalue weighted by atomic mass is 9.87. The number of thiazole rings is 1. The predicted octanol–water partition coefficient (Wildman–Crippen LogP) is 4.44. The number of ether oxygens (including phenoxy) is 1. The lowest BCUT2D eigenvalue weighted by Gasteiger charge is -2.39. The van der Waals surface area contributed by atoms with Crippen LogP contribution >= 0.6 is 11.3 Å². The molecular formula is C28H32FN7O2S. The van der Waals surface area contributed by atoms with E-state index in [1.54, 1.807) is 12.1 Å². The largest absolute Gasteiger partial charge is 0.379 e. The maximum atomic E-state index is 13.4. The summed E-state index contributed by atoms with van der Waals surface area (Å²) in [4.78, 5) is 26.6. The third-order valence-electron chi connectivity index (χ3n) is 7.62. The Bertz CT molecular complexity index is 1490. The van der Waals surface area contributed by atoms with Crippen molar-refractivity contribution in [3.05, 3.63) is 53.3 Å². The topological polar surface area (TPSA) is 87.9 Å². The van der Waals surface area contributed by atoms with Crippen molar-refractivity contribution in [1.29, 1.82) is 0 Å². The number of carbonyl (C=O) groups is 1. The van der Waals surface area contributed by atoms with Gasteiger partial charge in [0.05, 0.1) is 30.0 Å². The minimum atomic E-state index is -0.387. The van der Waals surface area contributed by atoms with Crippen LogP contribution in [0, 0.1) is 11.2 Å². The Kier molecular flexibility index (Phi) is 6.72. The molecule has 0 saturated carbocycles. The second kappa shape index (κ2) is 10.2. The normalized spacial score (nSPS) is 17.3. The summed E-state index contributed by atoms with van der Waals surface area (Å²) in [5, 5.41) is 11.0. The van der Waals surface area contributed by atoms with E-state index in [4.69, 9.17) is 19.8 Å². The second-order valence-electron chi connectivity index (χ2n) is 10.6. The molecule has 1 amide bonds. The zero-order valence-electron chi connectivity index (χ0n) is 22.4. The fraction of sp³-hybridized carbons (Fsp3) is 0.429. The van der Waals surface area contributed by atoms with Gasteiger partial charge in [-0.25, -0.2) is 14.4 Å². The Labute approximate surface area is 230 Å². The third-order valence-corrected chi connectivity index (χ3v) is 8.54. The first-order chi connectivity index (χ1) is 18.8. The highest BCUT2D eigenvalue weighted by atomic mass is 32.1. The molecule has 2 fully saturated rings. The molecule has 5 heterocycles. The Morgan fingerprint density at radius 1 is 1.18 bits per heavy atom. The zero-order chi connectivity index (χ0) is 27.1. The van der Waals surface area contributed by atoms with Crippen molar-refractivity contribution in [3.63, 3.8) is 0 Å². The van der Waals surface area contributed by atoms with Gasteiger partial charge in [0.2, 0.25) is 5.91 Å². The van der Waals surface area contributed by atoms with E-state index in [0.717, 1.165) is 71.7 Å². The Morgan fingerprint density at radius 3 is 2.59 bits per heavy atom. The predicted molar refractivity (Wildman–Crippen MR) is 150 cm³/mol. The summed E-state index contributed by atoms with van der Waals surface area (Å²) in [5.41, 5.74) is 3.01. The van der Waals surface area contributed by atoms with Crippen molar-refractivity contribution < 1.29 is 13.9 Å². The molecule has 2 aliphatic heterocycles. The number of carbonyl (C=O) groups excluding carboxylic acids is 1. The van der Waals surface area contributed by atoms with Gasteiger partial charge in [-0.3, -0.25) is 4.79 Å². The number of piperidine rings is 1. The summed E-state index contributed by atoms with van der Waals surface area (Å²) in [6, 6.07) is 10.6. The standard InChI is InChI=1S/C28H32FN7O2S/c1-4-21-25(34(3)27-32-22(15-39-27)18-5-7-19(29)8-6-18)36-23(31-21)9-10-24(33-36)35-13-11-20(12-14-35)30-26(37)28(2)16-38-17-28/h5-10,15,20H,4,11-14,16-17H2,1-3H3,(H,30,37). The average Bonchev–Trinajstić information content (AvgIpc) is 3.57. The highest BCUT2D eigenvalue weighted by Gasteiger charge is 2.42. The van der Waals surface area contributed by atoms with Gasteiger partial charge in [-0.05, 0) is 62.6 Å². The van der Waals surface area contributed by atoms with Crippen LogP contribution in [0.3, 0.4) is 0 Å². The first-order valence-electron chi connectivity index (χ1n) is 13.3. The fourth-order valence-corrected chi connectivity index (χ4v) is 5.91. The van der Waals surface area contributed by atoms with E-state index in [2.05, 4.69) is 17.1 Å². The van der Waals surface area contributed by atoms with Crippen LogP contribution in [0.2, 0.25) is 0 Å². The number of imidazole rings is 1. The quantitative estimate of drug-likeness (QED) is 0.365. The SMILES string of the molecule is CCc1nc2ccc(N3CCC(NC(=O)C4(C)COC4)CC3)nn2c1N(C)c1nc(-c2ccc(F)cc2)cs1. The fourth-order valence-electron chi connectivity index (χ4n) is 5.11. The Balaban J connectivity index is 1.21. The molecule has 6 rings (SSSR count). The van der Waals surface area contributed by atoms with Gasteiger partial charge in [0, 0.05) is 37.1 Å². The molecule has 4 aromatic rings. The third kappa shape index (κ3) is 4.85. The monoisotopic (exact) mass is 549 g/mol. The molecule has 2 saturated heterocycles. The van der Waals surface area contributed by atoms with Gasteiger partial charge in [0.25, 0.3) is 0 Å². The molecule has 0 bridgehead atoms. The second-order valence-corrected chi connectivity index (χ2v) is 11.4. The first kappa shape index (κ1) is 25.7. The molecule has 3 aromatic heterocycles. The van der Waals surface area contributed by atoms with Crippen LogP contribution < -0.4 is 15.1 Å². The summed E-state index contributed by atoms with van der Waals surface area (Å²) < 4.78 is 20.5. The van der Waals surface area contributed by atoms with Gasteiger partial charge in [0.15, 0.2) is 16.6 Å². The van der Waals surface area contributed by atoms with Crippen molar-refractivity contribution in [1.82, 2.24) is 24.9 Å². The van der Waals surface area contributed by atoms with Gasteiger partial charge < -0.3 is 19.9 Å². The molecule has 9 nitrogen and oxygen atoms in total. The number of hydrogen-bond donors (Lipinski definition) is 1. The number of benzene rings is 1. The average molecular weight is 550 g/mol. The molecule has 1 N–H and O–H groups in total. The molecule has 39 heavy (non-hydrogen) atoms. The molecule has 0 aliphatic carbocycles. The Morgan fingerprint density at radius 2 is 1.92 bits per heavy atom. The maximum absolute atomic E-state index is 13.4. The number of hydrogen-bond acceptors (Lipinski definition) is 8. The molecule has 2 aliphatic rings. The highest BCUT2D eigenvalue weighted by Crippen LogP contribution is 2.34. The Hall–Kier alpha value is -3.57. The lowest BCUT2D eigenvalue weighted by molar-refractivity contribution is -0.158. The molecule has 0 unspecified atom stereocenters. The van der Waals surface area contributed by atoms with E-state index in [1.807, 2.05) is 40.9 Å². The summed E-state index contributed by atoms with van der Waals surface area (Å²) in [6.07, 6.45) is 2.48. The van der Waals surface area contributed by atoms with Gasteiger partial charge in [-0.2, -0.15) is 4.52 Å². The smallest absolute Gasteiger partial charge is 0.230 e. The summed E-state index contributed by atoms with van der Waals surface area (Å²) >= 11 is 1.53. The first-order valence-corrected chi connectivity index (χ1v) is 14.2. The van der Waals surface area contributed by atoms with Crippen LogP contribution in [0.1, 0.15) is 32.4 Å². The molecule has 0 spiro atoms. The number of aryl methyl sites for hydroxylation is 1. The number of rotatable bonds is 7. The van der Waals surface area contributed by atoms with Crippen LogP contribution in [0.25, 0.3) is 16.9 Å². The van der Waals surface area contributed by atoms with Gasteiger partial charge in [-0.1, -0.05) is 6.92 Å². The van der Waals surface area contributed by atoms with Gasteiger partial charge >= 0.3 is 0 Å². The number of fused-ring (bicyclic) bond motifs is 1. The number of amides is 1. The van der Waals surface area contributed by atoms with E-state index in [0.29, 0.717) is 13.2 Å². The van der Waals surface area contributed by atoms with E-state index in [-0.39, 0.29) is 23.2 Å². The van der Waals surface area contributed by atoms with Gasteiger partial charge in [0.1, 0.15) is 11.6 Å². The minimum absolute atomic E-state index is 0.0923. The van der Waals surface area contributed by atoms with E-state index < -0.39 is 0 Å². The van der Waals surface area contributed by atoms with Gasteiger partial charge in [-0.15, -0.1) is 16.4 Å². The van der Waals surface area contributed by atoms with Crippen molar-refractivity contribution in [2.24, 2.45) is 5.41 Å². The molecule has 0 atom stereocenters. The van der Waals surface area contributed by atoms with Crippen LogP contribution in [0.15, 0.2) is 41.8 Å². The molecule has 1 aromatic carbocycles. The van der Waals surface area contributed by atoms with E-state index in [9.17, 15) is 9.18 Å². The lowest BCUT2D eigenvalue weighted by Crippen LogP contribution is -2.55. The number of aromatic nitrogens is 4. The van der Waals surface area contributed by atoms with Crippen molar-refractivity contribution in [2.75, 3.05) is 43.2 Å². The van der Waals surface area contributed by atoms with E-state index >= 15 is 0 Å². The molecular weight excluding hydrogens is 517 g/mol. The number of halogens is 1. The summed E-state index contributed by atoms with van der Waals surface area (Å²) in [5.74, 6) is 1.59. The number of nitrogens with one attached hydrogen (secondary N) is 1. The molecule has 11 heteroatoms. The van der Waals surface area contributed by atoms with Crippen LogP contribution in [-0.2, 0) is 16.0 Å². The number of nitrogens with zero attached hydrogens (tertiary/aromatic N) is 6. The molecule has 204 valence electrons. The maximum Gasteiger partial charge on any atom is 0.230 e. The van der Waals surface area contributed by atoms with E-state index in [1.165, 1.54) is 23.5 Å². The van der Waals surface area contributed by atoms with Crippen molar-refractivity contribution >= 4 is 39.7 Å². The van der Waals surface area contributed by atoms with Crippen molar-refractivity contribution in [2.45, 2.75) is 39.2 Å². The number of anilines is 3. The van der Waals surface area contributed by atoms with Crippen molar-refractivity contribution in [3.8, 4) is 11.3 Å². The van der Waals surface area contributed by atoms with Crippen LogP contribution in [-0.4, -0.2) is 64.9 Å². The summed E-state index contributed by atoms with van der Waals surface area (Å²) in [6.45, 7) is 6.66. The highest BCUT2D eigenvalue weighted by molar-refractivity contribution is 7.14.